The summed E-state index contributed by atoms with van der Waals surface area (Å²) < 4.78 is 16.1. The van der Waals surface area contributed by atoms with Crippen LogP contribution in [0.25, 0.3) is 10.1 Å². The lowest BCUT2D eigenvalue weighted by Gasteiger charge is -2.12. The molecule has 0 bridgehead atoms. The van der Waals surface area contributed by atoms with Crippen molar-refractivity contribution < 1.29 is 19.1 Å². The molecule has 0 saturated heterocycles. The lowest BCUT2D eigenvalue weighted by Crippen LogP contribution is -2.23. The number of nitrogens with zero attached hydrogens (tertiary/aromatic N) is 1. The SMILES string of the molecule is CCOc1cc(CNC(=O)c2cccc(NC(=O)c3nsc4ccccc34)c2)ccc1OC. The van der Waals surface area contributed by atoms with Crippen molar-refractivity contribution >= 4 is 39.1 Å². The zero-order valence-electron chi connectivity index (χ0n) is 18.3. The molecule has 0 aliphatic heterocycles. The monoisotopic (exact) mass is 461 g/mol. The van der Waals surface area contributed by atoms with Gasteiger partial charge in [0.05, 0.1) is 18.4 Å². The first-order valence-electron chi connectivity index (χ1n) is 10.4. The van der Waals surface area contributed by atoms with E-state index < -0.39 is 0 Å². The molecule has 7 nitrogen and oxygen atoms in total. The summed E-state index contributed by atoms with van der Waals surface area (Å²) in [6.45, 7) is 2.74. The average molecular weight is 462 g/mol. The summed E-state index contributed by atoms with van der Waals surface area (Å²) >= 11 is 1.28. The van der Waals surface area contributed by atoms with Crippen molar-refractivity contribution in [1.29, 1.82) is 0 Å². The van der Waals surface area contributed by atoms with E-state index >= 15 is 0 Å². The number of carbonyl (C=O) groups is 2. The molecular weight excluding hydrogens is 438 g/mol. The van der Waals surface area contributed by atoms with Gasteiger partial charge in [0, 0.05) is 23.2 Å². The number of rotatable bonds is 8. The van der Waals surface area contributed by atoms with E-state index in [0.717, 1.165) is 15.6 Å². The predicted molar refractivity (Wildman–Crippen MR) is 129 cm³/mol. The van der Waals surface area contributed by atoms with E-state index in [0.29, 0.717) is 41.6 Å². The summed E-state index contributed by atoms with van der Waals surface area (Å²) in [5, 5.41) is 6.54. The fourth-order valence-electron chi connectivity index (χ4n) is 3.36. The Hall–Kier alpha value is -3.91. The molecule has 0 aliphatic carbocycles. The van der Waals surface area contributed by atoms with Crippen LogP contribution in [0.2, 0.25) is 0 Å². The molecule has 8 heteroatoms. The number of aromatic nitrogens is 1. The molecule has 0 atom stereocenters. The number of anilines is 1. The third-order valence-electron chi connectivity index (χ3n) is 4.96. The highest BCUT2D eigenvalue weighted by atomic mass is 32.1. The first-order valence-corrected chi connectivity index (χ1v) is 11.2. The number of hydrogen-bond acceptors (Lipinski definition) is 6. The molecule has 1 heterocycles. The Bertz CT molecular complexity index is 1300. The van der Waals surface area contributed by atoms with Crippen molar-refractivity contribution in [2.24, 2.45) is 0 Å². The van der Waals surface area contributed by atoms with E-state index in [4.69, 9.17) is 9.47 Å². The maximum atomic E-state index is 12.7. The van der Waals surface area contributed by atoms with E-state index in [9.17, 15) is 9.59 Å². The van der Waals surface area contributed by atoms with Gasteiger partial charge in [-0.1, -0.05) is 30.3 Å². The van der Waals surface area contributed by atoms with Crippen molar-refractivity contribution in [3.8, 4) is 11.5 Å². The molecule has 4 rings (SSSR count). The number of ether oxygens (including phenoxy) is 2. The van der Waals surface area contributed by atoms with Crippen molar-refractivity contribution in [3.63, 3.8) is 0 Å². The van der Waals surface area contributed by atoms with E-state index in [2.05, 4.69) is 15.0 Å². The van der Waals surface area contributed by atoms with Gasteiger partial charge in [0.2, 0.25) is 0 Å². The van der Waals surface area contributed by atoms with Crippen LogP contribution in [0.4, 0.5) is 5.69 Å². The van der Waals surface area contributed by atoms with E-state index in [1.807, 2.05) is 49.4 Å². The molecule has 0 spiro atoms. The van der Waals surface area contributed by atoms with Crippen LogP contribution in [-0.4, -0.2) is 29.9 Å². The topological polar surface area (TPSA) is 89.6 Å². The highest BCUT2D eigenvalue weighted by Gasteiger charge is 2.15. The molecular formula is C25H23N3O4S. The van der Waals surface area contributed by atoms with Gasteiger partial charge >= 0.3 is 0 Å². The number of benzene rings is 3. The largest absolute Gasteiger partial charge is 0.493 e. The molecule has 2 amide bonds. The van der Waals surface area contributed by atoms with Gasteiger partial charge in [-0.3, -0.25) is 9.59 Å². The average Bonchev–Trinajstić information content (AvgIpc) is 3.27. The minimum Gasteiger partial charge on any atom is -0.493 e. The van der Waals surface area contributed by atoms with Crippen molar-refractivity contribution in [3.05, 3.63) is 83.6 Å². The highest BCUT2D eigenvalue weighted by Crippen LogP contribution is 2.28. The normalized spacial score (nSPS) is 10.6. The highest BCUT2D eigenvalue weighted by molar-refractivity contribution is 7.13. The number of carbonyl (C=O) groups excluding carboxylic acids is 2. The number of nitrogens with one attached hydrogen (secondary N) is 2. The van der Waals surface area contributed by atoms with Crippen molar-refractivity contribution in [2.45, 2.75) is 13.5 Å². The first-order chi connectivity index (χ1) is 16.1. The molecule has 168 valence electrons. The van der Waals surface area contributed by atoms with Gasteiger partial charge in [0.25, 0.3) is 11.8 Å². The standard InChI is InChI=1S/C25H23N3O4S/c1-3-32-21-13-16(11-12-20(21)31-2)15-26-24(29)17-7-6-8-18(14-17)27-25(30)23-19-9-4-5-10-22(19)33-28-23/h4-14H,3,15H2,1-2H3,(H,26,29)(H,27,30). The molecule has 0 aliphatic rings. The van der Waals surface area contributed by atoms with Crippen molar-refractivity contribution in [2.75, 3.05) is 19.0 Å². The quantitative estimate of drug-likeness (QED) is 0.390. The molecule has 1 aromatic heterocycles. The smallest absolute Gasteiger partial charge is 0.276 e. The summed E-state index contributed by atoms with van der Waals surface area (Å²) in [7, 11) is 1.59. The van der Waals surface area contributed by atoms with Gasteiger partial charge in [0.1, 0.15) is 5.69 Å². The Labute approximate surface area is 195 Å². The van der Waals surface area contributed by atoms with Crippen LogP contribution >= 0.6 is 11.5 Å². The van der Waals surface area contributed by atoms with Gasteiger partial charge in [-0.2, -0.15) is 4.37 Å². The lowest BCUT2D eigenvalue weighted by molar-refractivity contribution is 0.0949. The summed E-state index contributed by atoms with van der Waals surface area (Å²) in [5.74, 6) is 0.708. The summed E-state index contributed by atoms with van der Waals surface area (Å²) in [6, 6.07) is 19.9. The summed E-state index contributed by atoms with van der Waals surface area (Å²) in [6.07, 6.45) is 0. The van der Waals surface area contributed by atoms with E-state index in [1.165, 1.54) is 11.5 Å². The van der Waals surface area contributed by atoms with Gasteiger partial charge < -0.3 is 20.1 Å². The predicted octanol–water partition coefficient (Wildman–Crippen LogP) is 4.89. The van der Waals surface area contributed by atoms with Crippen LogP contribution in [-0.2, 0) is 6.54 Å². The molecule has 33 heavy (non-hydrogen) atoms. The number of hydrogen-bond donors (Lipinski definition) is 2. The first kappa shape index (κ1) is 22.3. The molecule has 4 aromatic rings. The Morgan fingerprint density at radius 2 is 1.82 bits per heavy atom. The van der Waals surface area contributed by atoms with Crippen LogP contribution < -0.4 is 20.1 Å². The van der Waals surface area contributed by atoms with Crippen LogP contribution in [0.5, 0.6) is 11.5 Å². The Kier molecular flexibility index (Phi) is 6.85. The number of fused-ring (bicyclic) bond motifs is 1. The van der Waals surface area contributed by atoms with Crippen LogP contribution in [0.15, 0.2) is 66.7 Å². The van der Waals surface area contributed by atoms with E-state index in [1.54, 1.807) is 31.4 Å². The second-order valence-electron chi connectivity index (χ2n) is 7.16. The third-order valence-corrected chi connectivity index (χ3v) is 5.78. The molecule has 3 aromatic carbocycles. The van der Waals surface area contributed by atoms with Crippen LogP contribution in [0.3, 0.4) is 0 Å². The summed E-state index contributed by atoms with van der Waals surface area (Å²) in [4.78, 5) is 25.4. The minimum atomic E-state index is -0.313. The number of methoxy groups -OCH3 is 1. The van der Waals surface area contributed by atoms with Gasteiger partial charge in [-0.25, -0.2) is 0 Å². The fraction of sp³-hybridized carbons (Fsp3) is 0.160. The van der Waals surface area contributed by atoms with Gasteiger partial charge in [-0.05, 0) is 60.4 Å². The van der Waals surface area contributed by atoms with E-state index in [-0.39, 0.29) is 11.8 Å². The second kappa shape index (κ2) is 10.1. The maximum absolute atomic E-state index is 12.7. The van der Waals surface area contributed by atoms with Crippen molar-refractivity contribution in [1.82, 2.24) is 9.69 Å². The maximum Gasteiger partial charge on any atom is 0.276 e. The van der Waals surface area contributed by atoms with Gasteiger partial charge in [-0.15, -0.1) is 0 Å². The second-order valence-corrected chi connectivity index (χ2v) is 7.97. The lowest BCUT2D eigenvalue weighted by atomic mass is 10.1. The number of amides is 2. The summed E-state index contributed by atoms with van der Waals surface area (Å²) in [5.41, 5.74) is 2.21. The Morgan fingerprint density at radius 1 is 0.970 bits per heavy atom. The molecule has 0 saturated carbocycles. The van der Waals surface area contributed by atoms with Gasteiger partial charge in [0.15, 0.2) is 11.5 Å². The molecule has 0 radical (unpaired) electrons. The van der Waals surface area contributed by atoms with Crippen LogP contribution in [0.1, 0.15) is 33.3 Å². The zero-order chi connectivity index (χ0) is 23.2. The molecule has 0 fully saturated rings. The molecule has 0 unspecified atom stereocenters. The minimum absolute atomic E-state index is 0.251. The Morgan fingerprint density at radius 3 is 2.64 bits per heavy atom. The Balaban J connectivity index is 1.42. The van der Waals surface area contributed by atoms with Crippen LogP contribution in [0, 0.1) is 0 Å². The third kappa shape index (κ3) is 5.12. The molecule has 2 N–H and O–H groups in total. The fourth-order valence-corrected chi connectivity index (χ4v) is 4.14. The zero-order valence-corrected chi connectivity index (χ0v) is 19.1.